The van der Waals surface area contributed by atoms with Crippen LogP contribution in [0.1, 0.15) is 17.4 Å². The Bertz CT molecular complexity index is 362. The fourth-order valence-corrected chi connectivity index (χ4v) is 1.57. The second kappa shape index (κ2) is 5.94. The molecular formula is C12H17NO2S. The van der Waals surface area contributed by atoms with Crippen LogP contribution in [0.5, 0.6) is 0 Å². The molecule has 0 aromatic heterocycles. The van der Waals surface area contributed by atoms with Gasteiger partial charge >= 0.3 is 0 Å². The highest BCUT2D eigenvalue weighted by atomic mass is 32.1. The van der Waals surface area contributed by atoms with Gasteiger partial charge in [-0.05, 0) is 6.07 Å². The predicted octanol–water partition coefficient (Wildman–Crippen LogP) is 2.22. The molecular weight excluding hydrogens is 222 g/mol. The van der Waals surface area contributed by atoms with E-state index < -0.39 is 0 Å². The summed E-state index contributed by atoms with van der Waals surface area (Å²) in [7, 11) is 7.09. The van der Waals surface area contributed by atoms with Gasteiger partial charge in [-0.15, -0.1) is 0 Å². The van der Waals surface area contributed by atoms with E-state index in [2.05, 4.69) is 0 Å². The topological polar surface area (TPSA) is 21.7 Å². The van der Waals surface area contributed by atoms with Crippen LogP contribution >= 0.6 is 12.2 Å². The van der Waals surface area contributed by atoms with Gasteiger partial charge < -0.3 is 14.4 Å². The Kier molecular flexibility index (Phi) is 4.86. The van der Waals surface area contributed by atoms with Crippen molar-refractivity contribution >= 4 is 17.2 Å². The molecule has 0 bridgehead atoms. The first-order valence-corrected chi connectivity index (χ1v) is 5.38. The van der Waals surface area contributed by atoms with E-state index in [9.17, 15) is 0 Å². The van der Waals surface area contributed by atoms with Crippen molar-refractivity contribution in [2.45, 2.75) is 6.29 Å². The van der Waals surface area contributed by atoms with E-state index in [1.165, 1.54) is 0 Å². The highest BCUT2D eigenvalue weighted by molar-refractivity contribution is 7.80. The van der Waals surface area contributed by atoms with Crippen LogP contribution in [0.25, 0.3) is 0 Å². The third-order valence-electron chi connectivity index (χ3n) is 2.24. The Labute approximate surface area is 102 Å². The lowest BCUT2D eigenvalue weighted by molar-refractivity contribution is -0.106. The van der Waals surface area contributed by atoms with Gasteiger partial charge in [0.25, 0.3) is 0 Å². The zero-order chi connectivity index (χ0) is 12.1. The van der Waals surface area contributed by atoms with Crippen molar-refractivity contribution in [1.82, 2.24) is 4.90 Å². The number of hydrogen-bond acceptors (Lipinski definition) is 3. The van der Waals surface area contributed by atoms with Crippen LogP contribution in [0.4, 0.5) is 0 Å². The Hall–Kier alpha value is -0.970. The van der Waals surface area contributed by atoms with Crippen LogP contribution in [-0.2, 0) is 9.47 Å². The monoisotopic (exact) mass is 239 g/mol. The van der Waals surface area contributed by atoms with Crippen LogP contribution in [-0.4, -0.2) is 38.2 Å². The summed E-state index contributed by atoms with van der Waals surface area (Å²) in [5, 5.41) is 0. The van der Waals surface area contributed by atoms with E-state index in [4.69, 9.17) is 21.7 Å². The fourth-order valence-electron chi connectivity index (χ4n) is 1.44. The van der Waals surface area contributed by atoms with E-state index >= 15 is 0 Å². The average Bonchev–Trinajstić information content (AvgIpc) is 2.30. The zero-order valence-electron chi connectivity index (χ0n) is 10.1. The lowest BCUT2D eigenvalue weighted by Gasteiger charge is -2.17. The molecule has 0 radical (unpaired) electrons. The molecule has 0 aliphatic heterocycles. The summed E-state index contributed by atoms with van der Waals surface area (Å²) < 4.78 is 10.4. The standard InChI is InChI=1S/C12H17NO2S/c1-13(2)11(16)9-6-5-7-10(8-9)12(14-3)15-4/h5-8,12H,1-4H3. The zero-order valence-corrected chi connectivity index (χ0v) is 10.9. The third kappa shape index (κ3) is 3.01. The molecule has 0 saturated carbocycles. The van der Waals surface area contributed by atoms with Gasteiger partial charge in [0.15, 0.2) is 6.29 Å². The van der Waals surface area contributed by atoms with Crippen LogP contribution in [0.2, 0.25) is 0 Å². The molecule has 0 saturated heterocycles. The van der Waals surface area contributed by atoms with Gasteiger partial charge in [-0.3, -0.25) is 0 Å². The summed E-state index contributed by atoms with van der Waals surface area (Å²) in [6.07, 6.45) is -0.343. The molecule has 3 nitrogen and oxygen atoms in total. The quantitative estimate of drug-likeness (QED) is 0.593. The van der Waals surface area contributed by atoms with E-state index in [-0.39, 0.29) is 6.29 Å². The molecule has 0 fully saturated rings. The molecule has 0 spiro atoms. The largest absolute Gasteiger partial charge is 0.368 e. The lowest BCUT2D eigenvalue weighted by atomic mass is 10.1. The van der Waals surface area contributed by atoms with E-state index in [0.29, 0.717) is 0 Å². The number of hydrogen-bond donors (Lipinski definition) is 0. The first kappa shape index (κ1) is 13.1. The Balaban J connectivity index is 2.99. The highest BCUT2D eigenvalue weighted by Gasteiger charge is 2.11. The lowest BCUT2D eigenvalue weighted by Crippen LogP contribution is -2.20. The second-order valence-corrected chi connectivity index (χ2v) is 4.02. The molecule has 4 heteroatoms. The Morgan fingerprint density at radius 2 is 1.88 bits per heavy atom. The summed E-state index contributed by atoms with van der Waals surface area (Å²) >= 11 is 5.31. The third-order valence-corrected chi connectivity index (χ3v) is 2.84. The molecule has 0 aliphatic rings. The molecule has 0 N–H and O–H groups in total. The molecule has 0 aliphatic carbocycles. The molecule has 1 aromatic rings. The maximum absolute atomic E-state index is 5.31. The summed E-state index contributed by atoms with van der Waals surface area (Å²) in [6.45, 7) is 0. The molecule has 1 rings (SSSR count). The maximum atomic E-state index is 5.31. The summed E-state index contributed by atoms with van der Waals surface area (Å²) in [5.41, 5.74) is 1.96. The minimum absolute atomic E-state index is 0.343. The van der Waals surface area contributed by atoms with Gasteiger partial charge in [0.1, 0.15) is 4.99 Å². The van der Waals surface area contributed by atoms with E-state index in [0.717, 1.165) is 16.1 Å². The number of rotatable bonds is 4. The average molecular weight is 239 g/mol. The normalized spacial score (nSPS) is 10.6. The summed E-state index contributed by atoms with van der Waals surface area (Å²) in [6, 6.07) is 7.87. The van der Waals surface area contributed by atoms with E-state index in [1.54, 1.807) is 14.2 Å². The van der Waals surface area contributed by atoms with E-state index in [1.807, 2.05) is 43.3 Å². The molecule has 0 heterocycles. The minimum atomic E-state index is -0.343. The Morgan fingerprint density at radius 3 is 2.38 bits per heavy atom. The van der Waals surface area contributed by atoms with Gasteiger partial charge in [0, 0.05) is 39.4 Å². The van der Waals surface area contributed by atoms with Gasteiger partial charge in [0.2, 0.25) is 0 Å². The predicted molar refractivity (Wildman–Crippen MR) is 68.6 cm³/mol. The summed E-state index contributed by atoms with van der Waals surface area (Å²) in [4.78, 5) is 2.70. The number of methoxy groups -OCH3 is 2. The number of benzene rings is 1. The van der Waals surface area contributed by atoms with Crippen molar-refractivity contribution in [3.8, 4) is 0 Å². The van der Waals surface area contributed by atoms with Crippen LogP contribution in [0, 0.1) is 0 Å². The highest BCUT2D eigenvalue weighted by Crippen LogP contribution is 2.19. The molecule has 1 aromatic carbocycles. The van der Waals surface area contributed by atoms with Crippen molar-refractivity contribution < 1.29 is 9.47 Å². The first-order chi connectivity index (χ1) is 7.60. The molecule has 88 valence electrons. The number of thiocarbonyl (C=S) groups is 1. The van der Waals surface area contributed by atoms with Crippen LogP contribution in [0.15, 0.2) is 24.3 Å². The van der Waals surface area contributed by atoms with Crippen LogP contribution in [0.3, 0.4) is 0 Å². The molecule has 0 atom stereocenters. The van der Waals surface area contributed by atoms with Crippen molar-refractivity contribution in [3.63, 3.8) is 0 Å². The molecule has 16 heavy (non-hydrogen) atoms. The molecule has 0 amide bonds. The van der Waals surface area contributed by atoms with Crippen molar-refractivity contribution in [1.29, 1.82) is 0 Å². The number of nitrogens with zero attached hydrogens (tertiary/aromatic N) is 1. The SMILES string of the molecule is COC(OC)c1cccc(C(=S)N(C)C)c1. The first-order valence-electron chi connectivity index (χ1n) is 4.97. The number of ether oxygens (including phenoxy) is 2. The maximum Gasteiger partial charge on any atom is 0.183 e. The van der Waals surface area contributed by atoms with Gasteiger partial charge in [-0.25, -0.2) is 0 Å². The van der Waals surface area contributed by atoms with Gasteiger partial charge in [-0.1, -0.05) is 30.4 Å². The van der Waals surface area contributed by atoms with Crippen molar-refractivity contribution in [2.75, 3.05) is 28.3 Å². The van der Waals surface area contributed by atoms with Crippen molar-refractivity contribution in [3.05, 3.63) is 35.4 Å². The van der Waals surface area contributed by atoms with Crippen molar-refractivity contribution in [2.24, 2.45) is 0 Å². The minimum Gasteiger partial charge on any atom is -0.368 e. The molecule has 0 unspecified atom stereocenters. The summed E-state index contributed by atoms with van der Waals surface area (Å²) in [5.74, 6) is 0. The Morgan fingerprint density at radius 1 is 1.25 bits per heavy atom. The fraction of sp³-hybridized carbons (Fsp3) is 0.417. The van der Waals surface area contributed by atoms with Crippen LogP contribution < -0.4 is 0 Å². The van der Waals surface area contributed by atoms with Gasteiger partial charge in [0.05, 0.1) is 0 Å². The van der Waals surface area contributed by atoms with Gasteiger partial charge in [-0.2, -0.15) is 0 Å². The second-order valence-electron chi connectivity index (χ2n) is 3.63. The smallest absolute Gasteiger partial charge is 0.183 e.